The highest BCUT2D eigenvalue weighted by Gasteiger charge is 2.02. The fourth-order valence-corrected chi connectivity index (χ4v) is 2.20. The minimum Gasteiger partial charge on any atom is -0.490 e. The predicted octanol–water partition coefficient (Wildman–Crippen LogP) is 2.20. The Morgan fingerprint density at radius 2 is 1.87 bits per heavy atom. The van der Waals surface area contributed by atoms with Gasteiger partial charge in [0.05, 0.1) is 7.11 Å². The van der Waals surface area contributed by atoms with Gasteiger partial charge in [0.1, 0.15) is 17.9 Å². The lowest BCUT2D eigenvalue weighted by atomic mass is 10.2. The minimum absolute atomic E-state index is 0.375. The van der Waals surface area contributed by atoms with E-state index in [1.165, 1.54) is 0 Å². The lowest BCUT2D eigenvalue weighted by Gasteiger charge is -2.09. The van der Waals surface area contributed by atoms with Crippen molar-refractivity contribution in [3.8, 4) is 11.8 Å². The van der Waals surface area contributed by atoms with Crippen LogP contribution in [0.5, 0.6) is 11.8 Å². The van der Waals surface area contributed by atoms with E-state index in [9.17, 15) is 0 Å². The zero-order chi connectivity index (χ0) is 15.9. The van der Waals surface area contributed by atoms with Gasteiger partial charge in [-0.2, -0.15) is 0 Å². The molecule has 6 nitrogen and oxygen atoms in total. The zero-order valence-corrected chi connectivity index (χ0v) is 12.9. The molecule has 0 saturated heterocycles. The van der Waals surface area contributed by atoms with Crippen LogP contribution in [0.1, 0.15) is 5.56 Å². The number of nitrogens with zero attached hydrogens (tertiary/aromatic N) is 3. The molecule has 0 aliphatic heterocycles. The summed E-state index contributed by atoms with van der Waals surface area (Å²) in [5, 5.41) is 4.37. The van der Waals surface area contributed by atoms with Crippen molar-refractivity contribution in [1.29, 1.82) is 0 Å². The van der Waals surface area contributed by atoms with Crippen molar-refractivity contribution in [2.45, 2.75) is 6.54 Å². The van der Waals surface area contributed by atoms with Gasteiger partial charge in [0.25, 0.3) is 0 Å². The molecule has 0 unspecified atom stereocenters. The van der Waals surface area contributed by atoms with Crippen molar-refractivity contribution in [3.05, 3.63) is 54.5 Å². The first kappa shape index (κ1) is 15.2. The number of hydrogen-bond donors (Lipinski definition) is 1. The molecule has 1 N–H and O–H groups in total. The molecule has 0 bridgehead atoms. The van der Waals surface area contributed by atoms with E-state index in [1.807, 2.05) is 30.3 Å². The number of methoxy groups -OCH3 is 1. The molecule has 118 valence electrons. The van der Waals surface area contributed by atoms with E-state index in [0.717, 1.165) is 28.8 Å². The second kappa shape index (κ2) is 7.51. The fraction of sp³-hybridized carbons (Fsp3) is 0.235. The van der Waals surface area contributed by atoms with Crippen molar-refractivity contribution >= 4 is 10.9 Å². The monoisotopic (exact) mass is 310 g/mol. The molecule has 0 atom stereocenters. The third kappa shape index (κ3) is 3.92. The smallest absolute Gasteiger partial charge is 0.316 e. The first-order valence-electron chi connectivity index (χ1n) is 7.39. The van der Waals surface area contributed by atoms with Gasteiger partial charge in [0, 0.05) is 42.6 Å². The molecular formula is C17H18N4O2. The highest BCUT2D eigenvalue weighted by molar-refractivity contribution is 5.84. The summed E-state index contributed by atoms with van der Waals surface area (Å²) in [6, 6.07) is 10.3. The summed E-state index contributed by atoms with van der Waals surface area (Å²) in [6.45, 7) is 1.96. The van der Waals surface area contributed by atoms with Crippen molar-refractivity contribution in [3.63, 3.8) is 0 Å². The van der Waals surface area contributed by atoms with E-state index >= 15 is 0 Å². The lowest BCUT2D eigenvalue weighted by molar-refractivity contribution is 0.316. The molecule has 0 aliphatic carbocycles. The van der Waals surface area contributed by atoms with Crippen LogP contribution >= 0.6 is 0 Å². The van der Waals surface area contributed by atoms with Gasteiger partial charge < -0.3 is 14.8 Å². The van der Waals surface area contributed by atoms with Crippen LogP contribution in [0, 0.1) is 0 Å². The molecule has 2 heterocycles. The minimum atomic E-state index is 0.375. The molecule has 0 fully saturated rings. The number of aromatic nitrogens is 3. The van der Waals surface area contributed by atoms with Gasteiger partial charge in [-0.25, -0.2) is 9.97 Å². The van der Waals surface area contributed by atoms with E-state index < -0.39 is 0 Å². The summed E-state index contributed by atoms with van der Waals surface area (Å²) < 4.78 is 10.7. The van der Waals surface area contributed by atoms with Crippen molar-refractivity contribution in [1.82, 2.24) is 20.3 Å². The van der Waals surface area contributed by atoms with Gasteiger partial charge in [-0.05, 0) is 12.1 Å². The fourth-order valence-electron chi connectivity index (χ4n) is 2.20. The topological polar surface area (TPSA) is 69.2 Å². The SMILES string of the molecule is COc1ncc(CNCCOc2cccc3cccnc23)cn1. The van der Waals surface area contributed by atoms with Gasteiger partial charge in [-0.15, -0.1) is 0 Å². The Hall–Kier alpha value is -2.73. The molecule has 3 rings (SSSR count). The molecule has 0 aliphatic rings. The van der Waals surface area contributed by atoms with E-state index in [2.05, 4.69) is 20.3 Å². The maximum atomic E-state index is 5.82. The van der Waals surface area contributed by atoms with Gasteiger partial charge in [-0.3, -0.25) is 4.98 Å². The molecule has 23 heavy (non-hydrogen) atoms. The molecule has 0 saturated carbocycles. The Morgan fingerprint density at radius 1 is 1.04 bits per heavy atom. The van der Waals surface area contributed by atoms with E-state index in [1.54, 1.807) is 25.7 Å². The summed E-state index contributed by atoms with van der Waals surface area (Å²) in [6.07, 6.45) is 5.26. The largest absolute Gasteiger partial charge is 0.490 e. The van der Waals surface area contributed by atoms with Crippen molar-refractivity contribution in [2.24, 2.45) is 0 Å². The maximum absolute atomic E-state index is 5.82. The summed E-state index contributed by atoms with van der Waals surface area (Å²) in [7, 11) is 1.55. The predicted molar refractivity (Wildman–Crippen MR) is 87.5 cm³/mol. The number of para-hydroxylation sites is 1. The molecule has 2 aromatic heterocycles. The van der Waals surface area contributed by atoms with E-state index in [0.29, 0.717) is 19.2 Å². The number of hydrogen-bond acceptors (Lipinski definition) is 6. The maximum Gasteiger partial charge on any atom is 0.316 e. The molecule has 0 amide bonds. The van der Waals surface area contributed by atoms with Crippen LogP contribution in [0.15, 0.2) is 48.9 Å². The van der Waals surface area contributed by atoms with Crippen LogP contribution in [0.3, 0.4) is 0 Å². The van der Waals surface area contributed by atoms with Crippen LogP contribution < -0.4 is 14.8 Å². The number of nitrogens with one attached hydrogen (secondary N) is 1. The van der Waals surface area contributed by atoms with E-state index in [-0.39, 0.29) is 0 Å². The highest BCUT2D eigenvalue weighted by atomic mass is 16.5. The average Bonchev–Trinajstić information content (AvgIpc) is 2.62. The molecule has 0 spiro atoms. The first-order valence-corrected chi connectivity index (χ1v) is 7.39. The van der Waals surface area contributed by atoms with Crippen molar-refractivity contribution < 1.29 is 9.47 Å². The van der Waals surface area contributed by atoms with Crippen LogP contribution in [-0.2, 0) is 6.54 Å². The standard InChI is InChI=1S/C17H18N4O2/c1-22-17-20-11-13(12-21-17)10-18-8-9-23-15-6-2-4-14-5-3-7-19-16(14)15/h2-7,11-12,18H,8-10H2,1H3. The normalized spacial score (nSPS) is 10.7. The Bertz CT molecular complexity index is 757. The number of rotatable bonds is 7. The number of ether oxygens (including phenoxy) is 2. The number of benzene rings is 1. The molecular weight excluding hydrogens is 292 g/mol. The molecule has 3 aromatic rings. The van der Waals surface area contributed by atoms with Crippen LogP contribution in [0.4, 0.5) is 0 Å². The quantitative estimate of drug-likeness (QED) is 0.675. The van der Waals surface area contributed by atoms with Gasteiger partial charge in [0.2, 0.25) is 0 Å². The summed E-state index contributed by atoms with van der Waals surface area (Å²) in [5.74, 6) is 0.803. The Balaban J connectivity index is 1.47. The number of pyridine rings is 1. The third-order valence-electron chi connectivity index (χ3n) is 3.33. The zero-order valence-electron chi connectivity index (χ0n) is 12.9. The van der Waals surface area contributed by atoms with Gasteiger partial charge >= 0.3 is 6.01 Å². The average molecular weight is 310 g/mol. The number of fused-ring (bicyclic) bond motifs is 1. The summed E-state index contributed by atoms with van der Waals surface area (Å²) >= 11 is 0. The lowest BCUT2D eigenvalue weighted by Crippen LogP contribution is -2.20. The second-order valence-corrected chi connectivity index (χ2v) is 4.93. The molecule has 0 radical (unpaired) electrons. The van der Waals surface area contributed by atoms with Crippen LogP contribution in [0.25, 0.3) is 10.9 Å². The van der Waals surface area contributed by atoms with E-state index in [4.69, 9.17) is 9.47 Å². The summed E-state index contributed by atoms with van der Waals surface area (Å²) in [5.41, 5.74) is 1.89. The van der Waals surface area contributed by atoms with Gasteiger partial charge in [-0.1, -0.05) is 18.2 Å². The molecule has 6 heteroatoms. The van der Waals surface area contributed by atoms with Crippen LogP contribution in [0.2, 0.25) is 0 Å². The second-order valence-electron chi connectivity index (χ2n) is 4.93. The highest BCUT2D eigenvalue weighted by Crippen LogP contribution is 2.22. The Kier molecular flexibility index (Phi) is 4.95. The van der Waals surface area contributed by atoms with Gasteiger partial charge in [0.15, 0.2) is 0 Å². The van der Waals surface area contributed by atoms with Crippen LogP contribution in [-0.4, -0.2) is 35.2 Å². The van der Waals surface area contributed by atoms with Crippen molar-refractivity contribution in [2.75, 3.05) is 20.3 Å². The summed E-state index contributed by atoms with van der Waals surface area (Å²) in [4.78, 5) is 12.5. The third-order valence-corrected chi connectivity index (χ3v) is 3.33. The Morgan fingerprint density at radius 3 is 2.70 bits per heavy atom. The first-order chi connectivity index (χ1) is 11.4. The molecule has 1 aromatic carbocycles. The Labute approximate surface area is 134 Å².